The van der Waals surface area contributed by atoms with Gasteiger partial charge >= 0.3 is 11.6 Å². The molecule has 1 aromatic carbocycles. The zero-order valence-corrected chi connectivity index (χ0v) is 8.87. The number of rotatable bonds is 4. The lowest BCUT2D eigenvalue weighted by atomic mass is 10.1. The van der Waals surface area contributed by atoms with Crippen LogP contribution in [0.4, 0.5) is 0 Å². The van der Waals surface area contributed by atoms with Crippen LogP contribution in [-0.2, 0) is 11.2 Å². The summed E-state index contributed by atoms with van der Waals surface area (Å²) in [4.78, 5) is 22.0. The molecule has 6 nitrogen and oxygen atoms in total. The standard InChI is InChI=1S/C11H10N2O4/c14-10-7-13(12-17-10)9(11(15)16)6-8-4-2-1-3-5-8/h1-5,7,9H,6H2,(H-,12,14,15,16)/p+1. The Morgan fingerprint density at radius 1 is 1.41 bits per heavy atom. The molecule has 6 heteroatoms. The average Bonchev–Trinajstić information content (AvgIpc) is 2.73. The van der Waals surface area contributed by atoms with Crippen molar-refractivity contribution in [1.82, 2.24) is 5.27 Å². The Labute approximate surface area is 96.1 Å². The van der Waals surface area contributed by atoms with Crippen LogP contribution in [0.2, 0.25) is 0 Å². The molecule has 0 radical (unpaired) electrons. The smallest absolute Gasteiger partial charge is 0.426 e. The first-order valence-corrected chi connectivity index (χ1v) is 5.03. The van der Waals surface area contributed by atoms with Gasteiger partial charge in [0.2, 0.25) is 0 Å². The van der Waals surface area contributed by atoms with Gasteiger partial charge in [0.05, 0.1) is 0 Å². The van der Waals surface area contributed by atoms with E-state index < -0.39 is 17.6 Å². The van der Waals surface area contributed by atoms with Gasteiger partial charge in [0, 0.05) is 6.42 Å². The van der Waals surface area contributed by atoms with Crippen molar-refractivity contribution < 1.29 is 19.1 Å². The van der Waals surface area contributed by atoms with Gasteiger partial charge in [-0.3, -0.25) is 4.52 Å². The van der Waals surface area contributed by atoms with Crippen LogP contribution in [0.15, 0.2) is 45.8 Å². The van der Waals surface area contributed by atoms with E-state index in [1.807, 2.05) is 30.3 Å². The molecule has 2 rings (SSSR count). The monoisotopic (exact) mass is 235 g/mol. The number of carboxylic acids is 1. The van der Waals surface area contributed by atoms with Crippen molar-refractivity contribution in [2.24, 2.45) is 0 Å². The van der Waals surface area contributed by atoms with Gasteiger partial charge < -0.3 is 5.11 Å². The number of nitrogens with one attached hydrogen (secondary N) is 1. The molecule has 0 spiro atoms. The molecular formula is C11H11N2O4+. The summed E-state index contributed by atoms with van der Waals surface area (Å²) in [7, 11) is 0. The van der Waals surface area contributed by atoms with Crippen molar-refractivity contribution in [2.45, 2.75) is 12.5 Å². The van der Waals surface area contributed by atoms with Crippen molar-refractivity contribution in [3.8, 4) is 0 Å². The Hall–Kier alpha value is -2.37. The van der Waals surface area contributed by atoms with Crippen molar-refractivity contribution >= 4 is 5.97 Å². The number of benzene rings is 1. The first-order chi connectivity index (χ1) is 8.16. The van der Waals surface area contributed by atoms with Crippen LogP contribution in [0.3, 0.4) is 0 Å². The first-order valence-electron chi connectivity index (χ1n) is 5.03. The number of H-pyrrole nitrogens is 1. The molecule has 2 aromatic rings. The summed E-state index contributed by atoms with van der Waals surface area (Å²) in [6.07, 6.45) is 1.36. The summed E-state index contributed by atoms with van der Waals surface area (Å²) in [6.45, 7) is 0. The molecule has 0 saturated carbocycles. The predicted molar refractivity (Wildman–Crippen MR) is 56.3 cm³/mol. The van der Waals surface area contributed by atoms with E-state index in [0.29, 0.717) is 0 Å². The van der Waals surface area contributed by atoms with E-state index in [-0.39, 0.29) is 6.42 Å². The molecule has 0 aliphatic heterocycles. The van der Waals surface area contributed by atoms with Crippen LogP contribution >= 0.6 is 0 Å². The van der Waals surface area contributed by atoms with Gasteiger partial charge in [-0.2, -0.15) is 0 Å². The fourth-order valence-corrected chi connectivity index (χ4v) is 1.56. The molecule has 0 saturated heterocycles. The second-order valence-electron chi connectivity index (χ2n) is 3.59. The second-order valence-corrected chi connectivity index (χ2v) is 3.59. The lowest BCUT2D eigenvalue weighted by Crippen LogP contribution is -2.46. The summed E-state index contributed by atoms with van der Waals surface area (Å²) in [5, 5.41) is 11.4. The fourth-order valence-electron chi connectivity index (χ4n) is 1.56. The maximum atomic E-state index is 11.1. The van der Waals surface area contributed by atoms with Crippen molar-refractivity contribution in [2.75, 3.05) is 0 Å². The number of hydrogen-bond donors (Lipinski definition) is 2. The molecule has 0 fully saturated rings. The maximum Gasteiger partial charge on any atom is 0.426 e. The van der Waals surface area contributed by atoms with E-state index in [0.717, 1.165) is 16.4 Å². The van der Waals surface area contributed by atoms with E-state index in [9.17, 15) is 9.59 Å². The van der Waals surface area contributed by atoms with E-state index in [1.54, 1.807) is 0 Å². The number of aromatic amines is 1. The lowest BCUT2D eigenvalue weighted by Gasteiger charge is -2.03. The Bertz CT molecular complexity index is 558. The highest BCUT2D eigenvalue weighted by atomic mass is 16.5. The van der Waals surface area contributed by atoms with Crippen molar-refractivity contribution in [3.63, 3.8) is 0 Å². The molecule has 1 unspecified atom stereocenters. The molecule has 1 heterocycles. The van der Waals surface area contributed by atoms with Crippen LogP contribution < -0.4 is 10.3 Å². The minimum absolute atomic E-state index is 0.274. The van der Waals surface area contributed by atoms with Crippen molar-refractivity contribution in [1.29, 1.82) is 0 Å². The van der Waals surface area contributed by atoms with E-state index >= 15 is 0 Å². The van der Waals surface area contributed by atoms with Crippen molar-refractivity contribution in [3.05, 3.63) is 52.5 Å². The Balaban J connectivity index is 2.25. The SMILES string of the molecule is O=C(O)C(Cc1ccccc1)[n+]1cc(=O)o[nH]1. The third kappa shape index (κ3) is 2.60. The minimum Gasteiger partial charge on any atom is -0.476 e. The normalized spacial score (nSPS) is 12.2. The summed E-state index contributed by atoms with van der Waals surface area (Å²) < 4.78 is 5.60. The summed E-state index contributed by atoms with van der Waals surface area (Å²) >= 11 is 0. The topological polar surface area (TPSA) is 87.2 Å². The Kier molecular flexibility index (Phi) is 3.04. The molecule has 88 valence electrons. The number of carboxylic acid groups (broad SMARTS) is 1. The van der Waals surface area contributed by atoms with Crippen LogP contribution in [-0.4, -0.2) is 16.3 Å². The van der Waals surface area contributed by atoms with Gasteiger partial charge in [-0.25, -0.2) is 9.59 Å². The van der Waals surface area contributed by atoms with Gasteiger partial charge in [-0.05, 0) is 10.8 Å². The van der Waals surface area contributed by atoms with Crippen LogP contribution in [0, 0.1) is 0 Å². The molecular weight excluding hydrogens is 224 g/mol. The molecule has 1 atom stereocenters. The molecule has 1 aromatic heterocycles. The third-order valence-corrected chi connectivity index (χ3v) is 2.39. The number of nitrogens with zero attached hydrogens (tertiary/aromatic N) is 1. The summed E-state index contributed by atoms with van der Waals surface area (Å²) in [5.41, 5.74) is 0.263. The number of aromatic nitrogens is 2. The lowest BCUT2D eigenvalue weighted by molar-refractivity contribution is -0.773. The predicted octanol–water partition coefficient (Wildman–Crippen LogP) is 0.124. The summed E-state index contributed by atoms with van der Waals surface area (Å²) in [5.74, 6) is -1.03. The minimum atomic E-state index is -1.03. The zero-order chi connectivity index (χ0) is 12.3. The zero-order valence-electron chi connectivity index (χ0n) is 8.87. The van der Waals surface area contributed by atoms with E-state index in [2.05, 4.69) is 9.79 Å². The Morgan fingerprint density at radius 3 is 2.65 bits per heavy atom. The van der Waals surface area contributed by atoms with Crippen LogP contribution in [0.25, 0.3) is 0 Å². The highest BCUT2D eigenvalue weighted by molar-refractivity contribution is 5.70. The summed E-state index contributed by atoms with van der Waals surface area (Å²) in [6, 6.07) is 8.28. The molecule has 0 amide bonds. The van der Waals surface area contributed by atoms with E-state index in [1.165, 1.54) is 0 Å². The molecule has 0 aliphatic carbocycles. The number of hydrogen-bond acceptors (Lipinski definition) is 3. The van der Waals surface area contributed by atoms with E-state index in [4.69, 9.17) is 5.11 Å². The van der Waals surface area contributed by atoms with Gasteiger partial charge in [0.25, 0.3) is 12.2 Å². The molecule has 17 heavy (non-hydrogen) atoms. The highest BCUT2D eigenvalue weighted by Gasteiger charge is 2.30. The van der Waals surface area contributed by atoms with Gasteiger partial charge in [-0.15, -0.1) is 0 Å². The highest BCUT2D eigenvalue weighted by Crippen LogP contribution is 2.08. The van der Waals surface area contributed by atoms with Gasteiger partial charge in [0.1, 0.15) is 0 Å². The van der Waals surface area contributed by atoms with Gasteiger partial charge in [0.15, 0.2) is 0 Å². The quantitative estimate of drug-likeness (QED) is 0.737. The number of aliphatic carboxylic acids is 1. The third-order valence-electron chi connectivity index (χ3n) is 2.39. The van der Waals surface area contributed by atoms with Crippen LogP contribution in [0.5, 0.6) is 0 Å². The Morgan fingerprint density at radius 2 is 2.12 bits per heavy atom. The molecule has 0 bridgehead atoms. The molecule has 0 aliphatic rings. The molecule has 2 N–H and O–H groups in total. The fraction of sp³-hybridized carbons (Fsp3) is 0.182. The largest absolute Gasteiger partial charge is 0.476 e. The second kappa shape index (κ2) is 4.65. The number of carbonyl (C=O) groups is 1. The van der Waals surface area contributed by atoms with Gasteiger partial charge in [-0.1, -0.05) is 35.0 Å². The maximum absolute atomic E-state index is 11.1. The average molecular weight is 235 g/mol. The van der Waals surface area contributed by atoms with Crippen LogP contribution in [0.1, 0.15) is 11.6 Å². The first kappa shape index (κ1) is 11.1.